The number of nitrogens with one attached hydrogen (secondary N) is 2. The molecule has 0 spiro atoms. The van der Waals surface area contributed by atoms with E-state index in [0.29, 0.717) is 25.8 Å². The number of benzene rings is 2. The minimum Gasteiger partial charge on any atom is -0.350 e. The Kier molecular flexibility index (Phi) is 8.79. The molecule has 34 heavy (non-hydrogen) atoms. The van der Waals surface area contributed by atoms with Crippen LogP contribution in [0.25, 0.3) is 0 Å². The van der Waals surface area contributed by atoms with E-state index < -0.39 is 27.8 Å². The normalized spacial score (nSPS) is 18.6. The Labute approximate surface area is 200 Å². The van der Waals surface area contributed by atoms with Crippen molar-refractivity contribution >= 4 is 21.8 Å². The summed E-state index contributed by atoms with van der Waals surface area (Å²) in [5, 5.41) is 5.76. The molecule has 0 unspecified atom stereocenters. The lowest BCUT2D eigenvalue weighted by atomic mass is 9.94. The number of piperidine rings is 1. The molecule has 1 heterocycles. The van der Waals surface area contributed by atoms with Crippen molar-refractivity contribution in [1.82, 2.24) is 14.9 Å². The first kappa shape index (κ1) is 25.8. The summed E-state index contributed by atoms with van der Waals surface area (Å²) in [6.07, 6.45) is 1.74. The number of hydrogen-bond donors (Lipinski definition) is 2. The van der Waals surface area contributed by atoms with Crippen molar-refractivity contribution in [3.8, 4) is 0 Å². The lowest BCUT2D eigenvalue weighted by Gasteiger charge is -2.32. The summed E-state index contributed by atoms with van der Waals surface area (Å²) in [6.45, 7) is 4.51. The number of hydrogen-bond acceptors (Lipinski definition) is 4. The molecule has 1 saturated heterocycles. The molecule has 0 aromatic heterocycles. The Bertz CT molecular complexity index is 1080. The van der Waals surface area contributed by atoms with Crippen molar-refractivity contribution in [3.63, 3.8) is 0 Å². The number of carbonyl (C=O) groups is 2. The average Bonchev–Trinajstić information content (AvgIpc) is 2.86. The molecule has 1 aliphatic heterocycles. The lowest BCUT2D eigenvalue weighted by molar-refractivity contribution is -0.133. The molecule has 2 aromatic rings. The Hall–Kier alpha value is -2.78. The van der Waals surface area contributed by atoms with E-state index in [1.165, 1.54) is 16.4 Å². The molecule has 1 aliphatic rings. The van der Waals surface area contributed by atoms with Gasteiger partial charge in [0.25, 0.3) is 0 Å². The lowest BCUT2D eigenvalue weighted by Crippen LogP contribution is -2.53. The second-order valence-corrected chi connectivity index (χ2v) is 10.7. The van der Waals surface area contributed by atoms with E-state index >= 15 is 0 Å². The van der Waals surface area contributed by atoms with E-state index in [1.807, 2.05) is 44.2 Å². The van der Waals surface area contributed by atoms with Gasteiger partial charge in [0.05, 0.1) is 10.8 Å². The van der Waals surface area contributed by atoms with E-state index in [-0.39, 0.29) is 35.7 Å². The average molecular weight is 490 g/mol. The molecule has 9 heteroatoms. The van der Waals surface area contributed by atoms with Crippen molar-refractivity contribution in [3.05, 3.63) is 66.0 Å². The maximum Gasteiger partial charge on any atom is 0.243 e. The number of nitrogens with zero attached hydrogens (tertiary/aromatic N) is 1. The summed E-state index contributed by atoms with van der Waals surface area (Å²) in [6, 6.07) is 13.5. The fourth-order valence-electron chi connectivity index (χ4n) is 4.00. The predicted molar refractivity (Wildman–Crippen MR) is 128 cm³/mol. The number of rotatable bonds is 9. The number of sulfonamides is 1. The van der Waals surface area contributed by atoms with Crippen LogP contribution in [0.1, 0.15) is 38.7 Å². The highest BCUT2D eigenvalue weighted by Crippen LogP contribution is 2.24. The summed E-state index contributed by atoms with van der Waals surface area (Å²) < 4.78 is 40.4. The smallest absolute Gasteiger partial charge is 0.243 e. The highest BCUT2D eigenvalue weighted by Gasteiger charge is 2.35. The molecule has 3 atom stereocenters. The molecule has 2 aromatic carbocycles. The molecule has 2 N–H and O–H groups in total. The van der Waals surface area contributed by atoms with Gasteiger partial charge < -0.3 is 10.6 Å². The largest absolute Gasteiger partial charge is 0.350 e. The summed E-state index contributed by atoms with van der Waals surface area (Å²) in [4.78, 5) is 26.0. The Morgan fingerprint density at radius 2 is 1.79 bits per heavy atom. The quantitative estimate of drug-likeness (QED) is 0.566. The predicted octanol–water partition coefficient (Wildman–Crippen LogP) is 3.07. The zero-order valence-corrected chi connectivity index (χ0v) is 20.4. The Morgan fingerprint density at radius 3 is 2.44 bits per heavy atom. The van der Waals surface area contributed by atoms with Crippen molar-refractivity contribution in [2.75, 3.05) is 13.1 Å². The molecule has 0 saturated carbocycles. The van der Waals surface area contributed by atoms with Crippen LogP contribution in [0, 0.1) is 17.7 Å². The van der Waals surface area contributed by atoms with Gasteiger partial charge in [-0.15, -0.1) is 0 Å². The molecule has 3 rings (SSSR count). The molecule has 184 valence electrons. The third-order valence-electron chi connectivity index (χ3n) is 6.31. The van der Waals surface area contributed by atoms with Crippen LogP contribution in [0.3, 0.4) is 0 Å². The van der Waals surface area contributed by atoms with Crippen LogP contribution in [-0.4, -0.2) is 43.7 Å². The number of amides is 2. The molecule has 1 fully saturated rings. The van der Waals surface area contributed by atoms with Gasteiger partial charge >= 0.3 is 0 Å². The van der Waals surface area contributed by atoms with Gasteiger partial charge in [0.15, 0.2) is 0 Å². The van der Waals surface area contributed by atoms with Crippen LogP contribution in [0.5, 0.6) is 0 Å². The minimum atomic E-state index is -3.84. The summed E-state index contributed by atoms with van der Waals surface area (Å²) in [5.41, 5.74) is 0.957. The number of carbonyl (C=O) groups excluding carboxylic acids is 2. The molecule has 0 bridgehead atoms. The van der Waals surface area contributed by atoms with Crippen LogP contribution in [0.2, 0.25) is 0 Å². The van der Waals surface area contributed by atoms with Gasteiger partial charge in [-0.05, 0) is 48.6 Å². The van der Waals surface area contributed by atoms with Gasteiger partial charge in [0.2, 0.25) is 21.8 Å². The van der Waals surface area contributed by atoms with Crippen molar-refractivity contribution < 1.29 is 22.4 Å². The maximum absolute atomic E-state index is 13.2. The first-order chi connectivity index (χ1) is 16.2. The fourth-order valence-corrected chi connectivity index (χ4v) is 5.52. The molecular formula is C25H32FN3O4S. The maximum atomic E-state index is 13.2. The van der Waals surface area contributed by atoms with Gasteiger partial charge in [-0.1, -0.05) is 50.6 Å². The Balaban J connectivity index is 1.66. The van der Waals surface area contributed by atoms with Gasteiger partial charge in [-0.3, -0.25) is 9.59 Å². The van der Waals surface area contributed by atoms with E-state index in [9.17, 15) is 22.4 Å². The fraction of sp³-hybridized carbons (Fsp3) is 0.440. The molecule has 2 amide bonds. The highest BCUT2D eigenvalue weighted by atomic mass is 32.2. The van der Waals surface area contributed by atoms with E-state index in [2.05, 4.69) is 10.6 Å². The second kappa shape index (κ2) is 11.6. The third kappa shape index (κ3) is 6.42. The SMILES string of the molecule is CC[C@H](C)[C@H](NC(=O)[C@@H]1CCCN(S(=O)(=O)c2ccc(F)cc2)C1)C(=O)NCc1ccccc1. The molecule has 0 aliphatic carbocycles. The zero-order chi connectivity index (χ0) is 24.7. The summed E-state index contributed by atoms with van der Waals surface area (Å²) in [7, 11) is -3.84. The van der Waals surface area contributed by atoms with E-state index in [1.54, 1.807) is 0 Å². The topological polar surface area (TPSA) is 95.6 Å². The number of halogens is 1. The van der Waals surface area contributed by atoms with Crippen LogP contribution >= 0.6 is 0 Å². The van der Waals surface area contributed by atoms with Gasteiger partial charge in [0.1, 0.15) is 11.9 Å². The molecule has 0 radical (unpaired) electrons. The van der Waals surface area contributed by atoms with Crippen LogP contribution in [0.15, 0.2) is 59.5 Å². The molecule has 7 nitrogen and oxygen atoms in total. The van der Waals surface area contributed by atoms with E-state index in [4.69, 9.17) is 0 Å². The van der Waals surface area contributed by atoms with Crippen molar-refractivity contribution in [2.24, 2.45) is 11.8 Å². The van der Waals surface area contributed by atoms with Gasteiger partial charge in [0, 0.05) is 19.6 Å². The third-order valence-corrected chi connectivity index (χ3v) is 8.19. The highest BCUT2D eigenvalue weighted by molar-refractivity contribution is 7.89. The summed E-state index contributed by atoms with van der Waals surface area (Å²) >= 11 is 0. The van der Waals surface area contributed by atoms with Crippen LogP contribution < -0.4 is 10.6 Å². The molecular weight excluding hydrogens is 457 g/mol. The minimum absolute atomic E-state index is 0.00673. The summed E-state index contributed by atoms with van der Waals surface area (Å²) in [5.74, 6) is -1.78. The van der Waals surface area contributed by atoms with Crippen LogP contribution in [-0.2, 0) is 26.2 Å². The van der Waals surface area contributed by atoms with Crippen molar-refractivity contribution in [1.29, 1.82) is 0 Å². The second-order valence-electron chi connectivity index (χ2n) is 8.73. The van der Waals surface area contributed by atoms with Crippen LogP contribution in [0.4, 0.5) is 4.39 Å². The van der Waals surface area contributed by atoms with E-state index in [0.717, 1.165) is 17.7 Å². The first-order valence-electron chi connectivity index (χ1n) is 11.6. The standard InChI is InChI=1S/C25H32FN3O4S/c1-3-18(2)23(25(31)27-16-19-8-5-4-6-9-19)28-24(30)20-10-7-15-29(17-20)34(32,33)22-13-11-21(26)12-14-22/h4-6,8-9,11-14,18,20,23H,3,7,10,15-17H2,1-2H3,(H,27,31)(H,28,30)/t18-,20+,23-/m0/s1. The zero-order valence-electron chi connectivity index (χ0n) is 19.5. The Morgan fingerprint density at radius 1 is 1.12 bits per heavy atom. The van der Waals surface area contributed by atoms with Crippen molar-refractivity contribution in [2.45, 2.75) is 50.6 Å². The van der Waals surface area contributed by atoms with Gasteiger partial charge in [-0.25, -0.2) is 12.8 Å². The monoisotopic (exact) mass is 489 g/mol. The first-order valence-corrected chi connectivity index (χ1v) is 13.0. The van der Waals surface area contributed by atoms with Gasteiger partial charge in [-0.2, -0.15) is 4.31 Å².